The lowest BCUT2D eigenvalue weighted by Gasteiger charge is -2.32. The van der Waals surface area contributed by atoms with Crippen molar-refractivity contribution in [3.05, 3.63) is 76.3 Å². The van der Waals surface area contributed by atoms with Crippen LogP contribution in [0.4, 0.5) is 9.52 Å². The van der Waals surface area contributed by atoms with Gasteiger partial charge in [-0.15, -0.1) is 11.3 Å². The molecule has 3 aromatic rings. The zero-order valence-electron chi connectivity index (χ0n) is 17.0. The Morgan fingerprint density at radius 1 is 1.30 bits per heavy atom. The van der Waals surface area contributed by atoms with Gasteiger partial charge in [-0.1, -0.05) is 12.1 Å². The Hall–Kier alpha value is -2.64. The third kappa shape index (κ3) is 5.49. The first-order valence-electron chi connectivity index (χ1n) is 10.2. The van der Waals surface area contributed by atoms with Gasteiger partial charge in [0, 0.05) is 35.4 Å². The lowest BCUT2D eigenvalue weighted by Crippen LogP contribution is -2.40. The average molecular weight is 425 g/mol. The second-order valence-corrected chi connectivity index (χ2v) is 8.70. The third-order valence-electron chi connectivity index (χ3n) is 5.30. The average Bonchev–Trinajstić information content (AvgIpc) is 3.20. The fourth-order valence-corrected chi connectivity index (χ4v) is 4.59. The van der Waals surface area contributed by atoms with E-state index in [1.165, 1.54) is 17.4 Å². The van der Waals surface area contributed by atoms with Crippen LogP contribution in [0.2, 0.25) is 0 Å². The smallest absolute Gasteiger partial charge is 0.240 e. The minimum Gasteiger partial charge on any atom is -0.301 e. The fraction of sp³-hybridized carbons (Fsp3) is 0.348. The molecule has 0 spiro atoms. The van der Waals surface area contributed by atoms with Gasteiger partial charge in [-0.25, -0.2) is 9.37 Å². The number of carbonyl (C=O) groups is 1. The van der Waals surface area contributed by atoms with Gasteiger partial charge >= 0.3 is 0 Å². The molecule has 1 fully saturated rings. The quantitative estimate of drug-likeness (QED) is 0.637. The summed E-state index contributed by atoms with van der Waals surface area (Å²) in [6.07, 6.45) is 4.45. The summed E-state index contributed by atoms with van der Waals surface area (Å²) < 4.78 is 13.5. The van der Waals surface area contributed by atoms with Crippen molar-refractivity contribution in [1.29, 1.82) is 0 Å². The summed E-state index contributed by atoms with van der Waals surface area (Å²) in [5.41, 5.74) is 4.13. The molecule has 0 radical (unpaired) electrons. The minimum absolute atomic E-state index is 0.0328. The second kappa shape index (κ2) is 9.45. The maximum atomic E-state index is 13.5. The number of anilines is 1. The molecule has 3 heterocycles. The number of aryl methyl sites for hydroxylation is 1. The lowest BCUT2D eigenvalue weighted by molar-refractivity contribution is -0.117. The molecule has 1 atom stereocenters. The van der Waals surface area contributed by atoms with E-state index in [0.29, 0.717) is 18.1 Å². The zero-order valence-corrected chi connectivity index (χ0v) is 17.8. The Morgan fingerprint density at radius 2 is 2.20 bits per heavy atom. The number of amides is 1. The zero-order chi connectivity index (χ0) is 20.9. The van der Waals surface area contributed by atoms with Crippen molar-refractivity contribution >= 4 is 22.4 Å². The first kappa shape index (κ1) is 20.6. The topological polar surface area (TPSA) is 58.1 Å². The number of piperidine rings is 1. The number of nitrogens with one attached hydrogen (secondary N) is 1. The molecule has 4 rings (SSSR count). The van der Waals surface area contributed by atoms with Gasteiger partial charge in [0.1, 0.15) is 5.82 Å². The SMILES string of the molecule is Cc1cc(Cc2cccc(F)c2)cc(C2CCCN(CC(=O)Nc3nccs3)C2)n1. The van der Waals surface area contributed by atoms with Gasteiger partial charge in [0.15, 0.2) is 5.13 Å². The number of hydrogen-bond acceptors (Lipinski definition) is 5. The number of halogens is 1. The van der Waals surface area contributed by atoms with Gasteiger partial charge in [-0.2, -0.15) is 0 Å². The maximum absolute atomic E-state index is 13.5. The van der Waals surface area contributed by atoms with E-state index >= 15 is 0 Å². The maximum Gasteiger partial charge on any atom is 0.240 e. The summed E-state index contributed by atoms with van der Waals surface area (Å²) in [5.74, 6) is 0.0459. The number of rotatable bonds is 6. The van der Waals surface area contributed by atoms with Crippen molar-refractivity contribution in [1.82, 2.24) is 14.9 Å². The normalized spacial score (nSPS) is 17.1. The van der Waals surface area contributed by atoms with E-state index in [1.807, 2.05) is 18.4 Å². The number of aromatic nitrogens is 2. The van der Waals surface area contributed by atoms with Gasteiger partial charge in [0.25, 0.3) is 0 Å². The first-order chi connectivity index (χ1) is 14.5. The van der Waals surface area contributed by atoms with Gasteiger partial charge in [0.05, 0.1) is 6.54 Å². The third-order valence-corrected chi connectivity index (χ3v) is 5.99. The Morgan fingerprint density at radius 3 is 3.00 bits per heavy atom. The van der Waals surface area contributed by atoms with Crippen molar-refractivity contribution < 1.29 is 9.18 Å². The van der Waals surface area contributed by atoms with Crippen LogP contribution in [0.1, 0.15) is 41.3 Å². The monoisotopic (exact) mass is 424 g/mol. The van der Waals surface area contributed by atoms with Crippen LogP contribution in [-0.2, 0) is 11.2 Å². The highest BCUT2D eigenvalue weighted by molar-refractivity contribution is 7.13. The molecule has 5 nitrogen and oxygen atoms in total. The number of pyridine rings is 1. The van der Waals surface area contributed by atoms with E-state index in [1.54, 1.807) is 18.3 Å². The summed E-state index contributed by atoms with van der Waals surface area (Å²) in [7, 11) is 0. The predicted molar refractivity (Wildman–Crippen MR) is 117 cm³/mol. The Balaban J connectivity index is 1.42. The van der Waals surface area contributed by atoms with Crippen LogP contribution in [0, 0.1) is 12.7 Å². The molecule has 7 heteroatoms. The molecule has 2 aromatic heterocycles. The molecule has 1 aromatic carbocycles. The molecule has 156 valence electrons. The van der Waals surface area contributed by atoms with Crippen LogP contribution in [0.25, 0.3) is 0 Å². The summed E-state index contributed by atoms with van der Waals surface area (Å²) in [6.45, 7) is 4.07. The van der Waals surface area contributed by atoms with Crippen LogP contribution in [0.5, 0.6) is 0 Å². The van der Waals surface area contributed by atoms with Crippen molar-refractivity contribution in [2.24, 2.45) is 0 Å². The number of benzene rings is 1. The van der Waals surface area contributed by atoms with E-state index in [0.717, 1.165) is 48.4 Å². The number of likely N-dealkylation sites (tertiary alicyclic amines) is 1. The summed E-state index contributed by atoms with van der Waals surface area (Å²) in [4.78, 5) is 23.4. The van der Waals surface area contributed by atoms with Crippen molar-refractivity contribution in [3.8, 4) is 0 Å². The highest BCUT2D eigenvalue weighted by Gasteiger charge is 2.24. The van der Waals surface area contributed by atoms with Gasteiger partial charge in [-0.3, -0.25) is 14.7 Å². The van der Waals surface area contributed by atoms with E-state index in [4.69, 9.17) is 4.98 Å². The molecule has 0 saturated carbocycles. The molecule has 1 saturated heterocycles. The van der Waals surface area contributed by atoms with E-state index in [2.05, 4.69) is 27.3 Å². The number of hydrogen-bond donors (Lipinski definition) is 1. The molecule has 1 amide bonds. The van der Waals surface area contributed by atoms with Gasteiger partial charge < -0.3 is 5.32 Å². The molecule has 0 aliphatic carbocycles. The number of thiazole rings is 1. The fourth-order valence-electron chi connectivity index (χ4n) is 4.05. The Kier molecular flexibility index (Phi) is 6.50. The largest absolute Gasteiger partial charge is 0.301 e. The first-order valence-corrected chi connectivity index (χ1v) is 11.1. The number of carbonyl (C=O) groups excluding carboxylic acids is 1. The minimum atomic E-state index is -0.211. The van der Waals surface area contributed by atoms with Crippen molar-refractivity contribution in [2.75, 3.05) is 25.0 Å². The predicted octanol–water partition coefficient (Wildman–Crippen LogP) is 4.39. The standard InChI is InChI=1S/C23H25FN4OS/c1-16-10-18(11-17-4-2-6-20(24)12-17)13-21(26-16)19-5-3-8-28(14-19)15-22(29)27-23-25-7-9-30-23/h2,4,6-7,9-10,12-13,19H,3,5,8,11,14-15H2,1H3,(H,25,27,29). The molecule has 0 bridgehead atoms. The van der Waals surface area contributed by atoms with Gasteiger partial charge in [-0.05, 0) is 68.1 Å². The highest BCUT2D eigenvalue weighted by atomic mass is 32.1. The second-order valence-electron chi connectivity index (χ2n) is 7.81. The summed E-state index contributed by atoms with van der Waals surface area (Å²) >= 11 is 1.42. The molecular weight excluding hydrogens is 399 g/mol. The molecule has 1 unspecified atom stereocenters. The van der Waals surface area contributed by atoms with Crippen LogP contribution in [0.3, 0.4) is 0 Å². The molecule has 1 aliphatic rings. The summed E-state index contributed by atoms with van der Waals surface area (Å²) in [5, 5.41) is 5.33. The van der Waals surface area contributed by atoms with Crippen LogP contribution in [-0.4, -0.2) is 40.4 Å². The Labute approximate surface area is 180 Å². The molecule has 1 aliphatic heterocycles. The summed E-state index contributed by atoms with van der Waals surface area (Å²) in [6, 6.07) is 10.9. The van der Waals surface area contributed by atoms with Gasteiger partial charge in [0.2, 0.25) is 5.91 Å². The van der Waals surface area contributed by atoms with Crippen LogP contribution < -0.4 is 5.32 Å². The van der Waals surface area contributed by atoms with E-state index < -0.39 is 0 Å². The van der Waals surface area contributed by atoms with E-state index in [9.17, 15) is 9.18 Å². The van der Waals surface area contributed by atoms with E-state index in [-0.39, 0.29) is 17.6 Å². The van der Waals surface area contributed by atoms with Crippen LogP contribution in [0.15, 0.2) is 48.0 Å². The van der Waals surface area contributed by atoms with Crippen molar-refractivity contribution in [3.63, 3.8) is 0 Å². The molecule has 30 heavy (non-hydrogen) atoms. The van der Waals surface area contributed by atoms with Crippen LogP contribution >= 0.6 is 11.3 Å². The highest BCUT2D eigenvalue weighted by Crippen LogP contribution is 2.27. The number of nitrogens with zero attached hydrogens (tertiary/aromatic N) is 3. The van der Waals surface area contributed by atoms with Crippen molar-refractivity contribution in [2.45, 2.75) is 32.1 Å². The Bertz CT molecular complexity index is 1010. The molecular formula is C23H25FN4OS. The molecule has 1 N–H and O–H groups in total. The lowest BCUT2D eigenvalue weighted by atomic mass is 9.92.